The van der Waals surface area contributed by atoms with Gasteiger partial charge in [0.2, 0.25) is 0 Å². The summed E-state index contributed by atoms with van der Waals surface area (Å²) in [4.78, 5) is 3.16. The Hall–Kier alpha value is -1.52. The molecule has 0 saturated carbocycles. The highest BCUT2D eigenvalue weighted by atomic mass is 16.5. The molecule has 0 spiro atoms. The Morgan fingerprint density at radius 1 is 1.47 bits per heavy atom. The molecule has 2 rings (SSSR count). The van der Waals surface area contributed by atoms with Crippen LogP contribution in [0.4, 0.5) is 0 Å². The molecule has 0 aliphatic heterocycles. The van der Waals surface area contributed by atoms with Crippen molar-refractivity contribution in [1.29, 1.82) is 0 Å². The Kier molecular flexibility index (Phi) is 2.62. The summed E-state index contributed by atoms with van der Waals surface area (Å²) in [6.07, 6.45) is 1.90. The monoisotopic (exact) mass is 205 g/mol. The predicted molar refractivity (Wildman–Crippen MR) is 60.8 cm³/mol. The normalized spacial score (nSPS) is 13.0. The second-order valence-corrected chi connectivity index (χ2v) is 3.50. The lowest BCUT2D eigenvalue weighted by atomic mass is 10.1. The molecule has 2 aromatic rings. The largest absolute Gasteiger partial charge is 0.497 e. The number of hydrogen-bond acceptors (Lipinski definition) is 3. The molecule has 0 amide bonds. The van der Waals surface area contributed by atoms with Crippen LogP contribution in [0, 0.1) is 0 Å². The van der Waals surface area contributed by atoms with Gasteiger partial charge in [0.05, 0.1) is 7.11 Å². The minimum atomic E-state index is -0.133. The van der Waals surface area contributed by atoms with Gasteiger partial charge in [0, 0.05) is 29.7 Å². The highest BCUT2D eigenvalue weighted by molar-refractivity contribution is 5.85. The maximum atomic E-state index is 5.91. The molecule has 80 valence electrons. The van der Waals surface area contributed by atoms with Gasteiger partial charge in [-0.05, 0) is 23.8 Å². The van der Waals surface area contributed by atoms with Crippen molar-refractivity contribution < 1.29 is 4.74 Å². The molecular formula is C11H15N3O. The van der Waals surface area contributed by atoms with Gasteiger partial charge in [0.25, 0.3) is 0 Å². The molecule has 0 radical (unpaired) electrons. The van der Waals surface area contributed by atoms with E-state index in [4.69, 9.17) is 16.2 Å². The van der Waals surface area contributed by atoms with Gasteiger partial charge in [0.15, 0.2) is 0 Å². The number of hydrogen-bond donors (Lipinski definition) is 3. The zero-order valence-corrected chi connectivity index (χ0v) is 8.66. The molecule has 1 atom stereocenters. The molecule has 0 fully saturated rings. The Labute approximate surface area is 88.2 Å². The van der Waals surface area contributed by atoms with Crippen molar-refractivity contribution in [1.82, 2.24) is 4.98 Å². The van der Waals surface area contributed by atoms with E-state index in [2.05, 4.69) is 4.98 Å². The second-order valence-electron chi connectivity index (χ2n) is 3.50. The number of benzene rings is 1. The molecule has 0 aliphatic carbocycles. The summed E-state index contributed by atoms with van der Waals surface area (Å²) in [5.74, 6) is 0.826. The number of aromatic amines is 1. The van der Waals surface area contributed by atoms with E-state index < -0.39 is 0 Å². The van der Waals surface area contributed by atoms with Crippen molar-refractivity contribution in [3.05, 3.63) is 30.0 Å². The predicted octanol–water partition coefficient (Wildman–Crippen LogP) is 1.13. The van der Waals surface area contributed by atoms with Gasteiger partial charge in [-0.1, -0.05) is 0 Å². The SMILES string of the molecule is COc1ccc2[nH]cc([C@H](N)CN)c2c1. The maximum Gasteiger partial charge on any atom is 0.119 e. The van der Waals surface area contributed by atoms with Crippen LogP contribution >= 0.6 is 0 Å². The first-order chi connectivity index (χ1) is 7.26. The quantitative estimate of drug-likeness (QED) is 0.703. The number of fused-ring (bicyclic) bond motifs is 1. The zero-order chi connectivity index (χ0) is 10.8. The Bertz CT molecular complexity index is 464. The minimum Gasteiger partial charge on any atom is -0.497 e. The molecule has 0 aliphatic rings. The van der Waals surface area contributed by atoms with Gasteiger partial charge in [0.1, 0.15) is 5.75 Å². The topological polar surface area (TPSA) is 77.1 Å². The third-order valence-corrected chi connectivity index (χ3v) is 2.57. The fraction of sp³-hybridized carbons (Fsp3) is 0.273. The van der Waals surface area contributed by atoms with Crippen molar-refractivity contribution in [2.24, 2.45) is 11.5 Å². The summed E-state index contributed by atoms with van der Waals surface area (Å²) in [5.41, 5.74) is 13.5. The molecule has 1 aromatic carbocycles. The molecule has 0 unspecified atom stereocenters. The average molecular weight is 205 g/mol. The van der Waals surface area contributed by atoms with Crippen molar-refractivity contribution in [2.75, 3.05) is 13.7 Å². The first kappa shape index (κ1) is 10.0. The van der Waals surface area contributed by atoms with Gasteiger partial charge >= 0.3 is 0 Å². The summed E-state index contributed by atoms with van der Waals surface area (Å²) in [7, 11) is 1.65. The van der Waals surface area contributed by atoms with Crippen LogP contribution in [-0.4, -0.2) is 18.6 Å². The second kappa shape index (κ2) is 3.92. The fourth-order valence-electron chi connectivity index (χ4n) is 1.68. The lowest BCUT2D eigenvalue weighted by Gasteiger charge is -2.07. The number of rotatable bonds is 3. The van der Waals surface area contributed by atoms with Gasteiger partial charge in [-0.15, -0.1) is 0 Å². The third-order valence-electron chi connectivity index (χ3n) is 2.57. The van der Waals surface area contributed by atoms with Crippen molar-refractivity contribution in [3.63, 3.8) is 0 Å². The van der Waals surface area contributed by atoms with Gasteiger partial charge < -0.3 is 21.2 Å². The highest BCUT2D eigenvalue weighted by Gasteiger charge is 2.10. The van der Waals surface area contributed by atoms with Crippen LogP contribution in [0.5, 0.6) is 5.75 Å². The van der Waals surface area contributed by atoms with Crippen LogP contribution in [-0.2, 0) is 0 Å². The number of nitrogens with two attached hydrogens (primary N) is 2. The van der Waals surface area contributed by atoms with Crippen LogP contribution in [0.3, 0.4) is 0 Å². The number of methoxy groups -OCH3 is 1. The highest BCUT2D eigenvalue weighted by Crippen LogP contribution is 2.26. The lowest BCUT2D eigenvalue weighted by Crippen LogP contribution is -2.20. The smallest absolute Gasteiger partial charge is 0.119 e. The van der Waals surface area contributed by atoms with E-state index >= 15 is 0 Å². The molecule has 1 aromatic heterocycles. The molecule has 4 nitrogen and oxygen atoms in total. The van der Waals surface area contributed by atoms with Crippen LogP contribution in [0.25, 0.3) is 10.9 Å². The lowest BCUT2D eigenvalue weighted by molar-refractivity contribution is 0.415. The van der Waals surface area contributed by atoms with Crippen LogP contribution in [0.15, 0.2) is 24.4 Å². The maximum absolute atomic E-state index is 5.91. The van der Waals surface area contributed by atoms with Gasteiger partial charge in [-0.3, -0.25) is 0 Å². The van der Waals surface area contributed by atoms with E-state index in [1.54, 1.807) is 7.11 Å². The van der Waals surface area contributed by atoms with Gasteiger partial charge in [-0.2, -0.15) is 0 Å². The van der Waals surface area contributed by atoms with E-state index in [-0.39, 0.29) is 6.04 Å². The fourth-order valence-corrected chi connectivity index (χ4v) is 1.68. The molecule has 0 bridgehead atoms. The minimum absolute atomic E-state index is 0.133. The first-order valence-corrected chi connectivity index (χ1v) is 4.87. The Morgan fingerprint density at radius 3 is 2.93 bits per heavy atom. The standard InChI is InChI=1S/C11H15N3O/c1-15-7-2-3-11-8(4-7)9(6-14-11)10(13)5-12/h2-4,6,10,14H,5,12-13H2,1H3/t10-/m1/s1. The molecular weight excluding hydrogens is 190 g/mol. The Morgan fingerprint density at radius 2 is 2.27 bits per heavy atom. The third kappa shape index (κ3) is 1.69. The number of nitrogens with one attached hydrogen (secondary N) is 1. The molecule has 1 heterocycles. The van der Waals surface area contributed by atoms with Crippen molar-refractivity contribution in [3.8, 4) is 5.75 Å². The zero-order valence-electron chi connectivity index (χ0n) is 8.66. The summed E-state index contributed by atoms with van der Waals surface area (Å²) in [6.45, 7) is 0.435. The molecule has 5 N–H and O–H groups in total. The molecule has 0 saturated heterocycles. The molecule has 15 heavy (non-hydrogen) atoms. The summed E-state index contributed by atoms with van der Waals surface area (Å²) in [5, 5.41) is 1.08. The summed E-state index contributed by atoms with van der Waals surface area (Å²) >= 11 is 0. The van der Waals surface area contributed by atoms with Crippen molar-refractivity contribution >= 4 is 10.9 Å². The van der Waals surface area contributed by atoms with E-state index in [1.807, 2.05) is 24.4 Å². The van der Waals surface area contributed by atoms with E-state index in [1.165, 1.54) is 0 Å². The molecule has 4 heteroatoms. The number of ether oxygens (including phenoxy) is 1. The number of aromatic nitrogens is 1. The van der Waals surface area contributed by atoms with E-state index in [0.717, 1.165) is 22.2 Å². The first-order valence-electron chi connectivity index (χ1n) is 4.87. The van der Waals surface area contributed by atoms with Gasteiger partial charge in [-0.25, -0.2) is 0 Å². The summed E-state index contributed by atoms with van der Waals surface area (Å²) in [6, 6.07) is 5.72. The summed E-state index contributed by atoms with van der Waals surface area (Å²) < 4.78 is 5.17. The number of H-pyrrole nitrogens is 1. The van der Waals surface area contributed by atoms with Crippen LogP contribution in [0.2, 0.25) is 0 Å². The van der Waals surface area contributed by atoms with E-state index in [9.17, 15) is 0 Å². The van der Waals surface area contributed by atoms with Crippen LogP contribution in [0.1, 0.15) is 11.6 Å². The Balaban J connectivity index is 2.56. The van der Waals surface area contributed by atoms with Crippen molar-refractivity contribution in [2.45, 2.75) is 6.04 Å². The van der Waals surface area contributed by atoms with E-state index in [0.29, 0.717) is 6.54 Å². The van der Waals surface area contributed by atoms with Crippen LogP contribution < -0.4 is 16.2 Å². The average Bonchev–Trinajstić information content (AvgIpc) is 2.70.